The third-order valence-electron chi connectivity index (χ3n) is 2.47. The standard InChI is InChI=1S/C9H14ClN3O/c1-6-8(9(10)13(2)12-6)7-5-14-4-3-11-7/h7,11H,3-5H2,1-2H3. The van der Waals surface area contributed by atoms with Crippen LogP contribution in [0.15, 0.2) is 0 Å². The molecular formula is C9H14ClN3O. The van der Waals surface area contributed by atoms with Gasteiger partial charge in [-0.15, -0.1) is 0 Å². The van der Waals surface area contributed by atoms with Crippen molar-refractivity contribution in [2.24, 2.45) is 7.05 Å². The molecule has 2 heterocycles. The summed E-state index contributed by atoms with van der Waals surface area (Å²) in [6, 6.07) is 0.185. The third-order valence-corrected chi connectivity index (χ3v) is 2.91. The van der Waals surface area contributed by atoms with Gasteiger partial charge in [0, 0.05) is 19.2 Å². The van der Waals surface area contributed by atoms with Gasteiger partial charge in [-0.3, -0.25) is 4.68 Å². The van der Waals surface area contributed by atoms with Crippen LogP contribution < -0.4 is 5.32 Å². The lowest BCUT2D eigenvalue weighted by Gasteiger charge is -2.23. The Morgan fingerprint density at radius 1 is 1.64 bits per heavy atom. The van der Waals surface area contributed by atoms with Crippen LogP contribution in [-0.4, -0.2) is 29.5 Å². The van der Waals surface area contributed by atoms with E-state index in [9.17, 15) is 0 Å². The molecule has 1 aromatic heterocycles. The maximum Gasteiger partial charge on any atom is 0.131 e. The lowest BCUT2D eigenvalue weighted by atomic mass is 10.1. The Balaban J connectivity index is 2.29. The van der Waals surface area contributed by atoms with E-state index in [1.807, 2.05) is 14.0 Å². The number of aromatic nitrogens is 2. The van der Waals surface area contributed by atoms with Gasteiger partial charge in [0.15, 0.2) is 0 Å². The van der Waals surface area contributed by atoms with E-state index in [1.54, 1.807) is 4.68 Å². The molecule has 5 heteroatoms. The average molecular weight is 216 g/mol. The number of halogens is 1. The molecule has 1 N–H and O–H groups in total. The van der Waals surface area contributed by atoms with E-state index in [0.29, 0.717) is 11.8 Å². The van der Waals surface area contributed by atoms with Crippen LogP contribution in [0.3, 0.4) is 0 Å². The molecule has 1 atom stereocenters. The molecule has 0 amide bonds. The summed E-state index contributed by atoms with van der Waals surface area (Å²) < 4.78 is 7.09. The number of morpholine rings is 1. The fourth-order valence-electron chi connectivity index (χ4n) is 1.79. The first-order valence-electron chi connectivity index (χ1n) is 4.70. The quantitative estimate of drug-likeness (QED) is 0.761. The molecule has 78 valence electrons. The highest BCUT2D eigenvalue weighted by molar-refractivity contribution is 6.30. The van der Waals surface area contributed by atoms with Gasteiger partial charge in [-0.1, -0.05) is 11.6 Å². The number of ether oxygens (including phenoxy) is 1. The molecule has 1 saturated heterocycles. The van der Waals surface area contributed by atoms with Crippen molar-refractivity contribution in [1.29, 1.82) is 0 Å². The lowest BCUT2D eigenvalue weighted by molar-refractivity contribution is 0.0767. The van der Waals surface area contributed by atoms with Gasteiger partial charge in [0.1, 0.15) is 5.15 Å². The molecule has 2 rings (SSSR count). The summed E-state index contributed by atoms with van der Waals surface area (Å²) in [7, 11) is 1.85. The second-order valence-electron chi connectivity index (χ2n) is 3.50. The normalized spacial score (nSPS) is 22.6. The number of nitrogens with zero attached hydrogens (tertiary/aromatic N) is 2. The van der Waals surface area contributed by atoms with Gasteiger partial charge in [-0.05, 0) is 6.92 Å². The van der Waals surface area contributed by atoms with Crippen molar-refractivity contribution in [2.45, 2.75) is 13.0 Å². The molecular weight excluding hydrogens is 202 g/mol. The smallest absolute Gasteiger partial charge is 0.131 e. The topological polar surface area (TPSA) is 39.1 Å². The number of nitrogens with one attached hydrogen (secondary N) is 1. The first-order valence-corrected chi connectivity index (χ1v) is 5.08. The van der Waals surface area contributed by atoms with Gasteiger partial charge in [0.25, 0.3) is 0 Å². The highest BCUT2D eigenvalue weighted by Crippen LogP contribution is 2.26. The first-order chi connectivity index (χ1) is 6.70. The van der Waals surface area contributed by atoms with Crippen LogP contribution >= 0.6 is 11.6 Å². The summed E-state index contributed by atoms with van der Waals surface area (Å²) in [6.07, 6.45) is 0. The summed E-state index contributed by atoms with van der Waals surface area (Å²) in [5.74, 6) is 0. The van der Waals surface area contributed by atoms with Crippen LogP contribution in [0.4, 0.5) is 0 Å². The zero-order chi connectivity index (χ0) is 10.1. The van der Waals surface area contributed by atoms with Gasteiger partial charge in [-0.25, -0.2) is 0 Å². The molecule has 1 aromatic rings. The SMILES string of the molecule is Cc1nn(C)c(Cl)c1C1COCCN1. The predicted molar refractivity (Wildman–Crippen MR) is 54.5 cm³/mol. The molecule has 1 aliphatic heterocycles. The van der Waals surface area contributed by atoms with E-state index in [1.165, 1.54) is 0 Å². The van der Waals surface area contributed by atoms with Gasteiger partial charge in [0.2, 0.25) is 0 Å². The summed E-state index contributed by atoms with van der Waals surface area (Å²) in [4.78, 5) is 0. The largest absolute Gasteiger partial charge is 0.378 e. The molecule has 0 aliphatic carbocycles. The van der Waals surface area contributed by atoms with Crippen LogP contribution in [0.5, 0.6) is 0 Å². The highest BCUT2D eigenvalue weighted by atomic mass is 35.5. The number of hydrogen-bond donors (Lipinski definition) is 1. The lowest BCUT2D eigenvalue weighted by Crippen LogP contribution is -2.34. The van der Waals surface area contributed by atoms with Crippen molar-refractivity contribution in [1.82, 2.24) is 15.1 Å². The van der Waals surface area contributed by atoms with E-state index in [0.717, 1.165) is 24.4 Å². The minimum Gasteiger partial charge on any atom is -0.378 e. The fourth-order valence-corrected chi connectivity index (χ4v) is 2.10. The zero-order valence-electron chi connectivity index (χ0n) is 8.38. The van der Waals surface area contributed by atoms with Gasteiger partial charge in [0.05, 0.1) is 24.9 Å². The van der Waals surface area contributed by atoms with Crippen LogP contribution in [0.25, 0.3) is 0 Å². The van der Waals surface area contributed by atoms with Crippen molar-refractivity contribution in [3.05, 3.63) is 16.4 Å². The Kier molecular flexibility index (Phi) is 2.76. The predicted octanol–water partition coefficient (Wildman–Crippen LogP) is 1.04. The minimum absolute atomic E-state index is 0.185. The molecule has 1 aliphatic rings. The van der Waals surface area contributed by atoms with Gasteiger partial charge >= 0.3 is 0 Å². The highest BCUT2D eigenvalue weighted by Gasteiger charge is 2.23. The van der Waals surface area contributed by atoms with Crippen LogP contribution in [0, 0.1) is 6.92 Å². The number of hydrogen-bond acceptors (Lipinski definition) is 3. The molecule has 0 spiro atoms. The van der Waals surface area contributed by atoms with Crippen LogP contribution in [-0.2, 0) is 11.8 Å². The van der Waals surface area contributed by atoms with E-state index >= 15 is 0 Å². The molecule has 4 nitrogen and oxygen atoms in total. The molecule has 0 radical (unpaired) electrons. The number of aryl methyl sites for hydroxylation is 2. The van der Waals surface area contributed by atoms with E-state index in [-0.39, 0.29) is 6.04 Å². The molecule has 0 aromatic carbocycles. The summed E-state index contributed by atoms with van der Waals surface area (Å²) in [5, 5.41) is 8.34. The van der Waals surface area contributed by atoms with Crippen LogP contribution in [0.2, 0.25) is 5.15 Å². The van der Waals surface area contributed by atoms with Crippen molar-refractivity contribution < 1.29 is 4.74 Å². The minimum atomic E-state index is 0.185. The molecule has 0 saturated carbocycles. The third kappa shape index (κ3) is 1.65. The van der Waals surface area contributed by atoms with Crippen molar-refractivity contribution in [3.63, 3.8) is 0 Å². The second-order valence-corrected chi connectivity index (χ2v) is 3.85. The summed E-state index contributed by atoms with van der Waals surface area (Å²) in [5.41, 5.74) is 2.04. The summed E-state index contributed by atoms with van der Waals surface area (Å²) >= 11 is 6.15. The van der Waals surface area contributed by atoms with E-state index in [2.05, 4.69) is 10.4 Å². The monoisotopic (exact) mass is 215 g/mol. The fraction of sp³-hybridized carbons (Fsp3) is 0.667. The van der Waals surface area contributed by atoms with Crippen molar-refractivity contribution in [3.8, 4) is 0 Å². The second kappa shape index (κ2) is 3.88. The number of rotatable bonds is 1. The van der Waals surface area contributed by atoms with Crippen molar-refractivity contribution >= 4 is 11.6 Å². The maximum atomic E-state index is 6.15. The average Bonchev–Trinajstić information content (AvgIpc) is 2.43. The van der Waals surface area contributed by atoms with Crippen molar-refractivity contribution in [2.75, 3.05) is 19.8 Å². The van der Waals surface area contributed by atoms with E-state index in [4.69, 9.17) is 16.3 Å². The van der Waals surface area contributed by atoms with Gasteiger partial charge < -0.3 is 10.1 Å². The summed E-state index contributed by atoms with van der Waals surface area (Å²) in [6.45, 7) is 4.28. The first kappa shape index (κ1) is 9.96. The molecule has 0 bridgehead atoms. The Morgan fingerprint density at radius 2 is 2.43 bits per heavy atom. The van der Waals surface area contributed by atoms with Crippen LogP contribution in [0.1, 0.15) is 17.3 Å². The maximum absolute atomic E-state index is 6.15. The Morgan fingerprint density at radius 3 is 2.93 bits per heavy atom. The van der Waals surface area contributed by atoms with E-state index < -0.39 is 0 Å². The Bertz CT molecular complexity index is 331. The molecule has 14 heavy (non-hydrogen) atoms. The Hall–Kier alpha value is -0.580. The molecule has 1 fully saturated rings. The molecule has 1 unspecified atom stereocenters. The van der Waals surface area contributed by atoms with Gasteiger partial charge in [-0.2, -0.15) is 5.10 Å². The zero-order valence-corrected chi connectivity index (χ0v) is 9.14. The Labute approximate surface area is 88.2 Å².